The first-order valence-corrected chi connectivity index (χ1v) is 8.92. The molecule has 0 bridgehead atoms. The van der Waals surface area contributed by atoms with Crippen LogP contribution < -0.4 is 5.32 Å². The van der Waals surface area contributed by atoms with Crippen molar-refractivity contribution in [2.45, 2.75) is 57.7 Å². The molecule has 0 fully saturated rings. The van der Waals surface area contributed by atoms with E-state index in [2.05, 4.69) is 50.4 Å². The number of rotatable bonds is 2. The number of nitrogens with one attached hydrogen (secondary N) is 1. The molecule has 1 aromatic carbocycles. The number of thioether (sulfide) groups is 1. The summed E-state index contributed by atoms with van der Waals surface area (Å²) in [6.45, 7) is 7.93. The van der Waals surface area contributed by atoms with Crippen molar-refractivity contribution in [1.29, 1.82) is 0 Å². The zero-order chi connectivity index (χ0) is 14.9. The molecule has 1 aliphatic carbocycles. The molecule has 0 saturated carbocycles. The number of fused-ring (bicyclic) bond motifs is 1. The van der Waals surface area contributed by atoms with E-state index < -0.39 is 0 Å². The molecule has 3 rings (SSSR count). The van der Waals surface area contributed by atoms with Crippen LogP contribution in [0.1, 0.15) is 44.7 Å². The molecule has 2 aliphatic rings. The Labute approximate surface area is 132 Å². The van der Waals surface area contributed by atoms with E-state index in [1.54, 1.807) is 0 Å². The summed E-state index contributed by atoms with van der Waals surface area (Å²) in [4.78, 5) is 4.72. The van der Waals surface area contributed by atoms with E-state index in [0.717, 1.165) is 13.0 Å². The van der Waals surface area contributed by atoms with E-state index >= 15 is 0 Å². The Balaban J connectivity index is 1.53. The maximum Gasteiger partial charge on any atom is 0.157 e. The third kappa shape index (κ3) is 4.03. The van der Waals surface area contributed by atoms with Crippen molar-refractivity contribution >= 4 is 16.9 Å². The SMILES string of the molecule is CC(C)(C)CC1CN=C(NC2CCc3ccccc3C2)S1. The highest BCUT2D eigenvalue weighted by Crippen LogP contribution is 2.32. The summed E-state index contributed by atoms with van der Waals surface area (Å²) in [5.41, 5.74) is 3.44. The van der Waals surface area contributed by atoms with Crippen LogP contribution in [0.25, 0.3) is 0 Å². The zero-order valence-electron chi connectivity index (χ0n) is 13.4. The van der Waals surface area contributed by atoms with Crippen LogP contribution in [0.5, 0.6) is 0 Å². The Morgan fingerprint density at radius 3 is 2.76 bits per heavy atom. The fraction of sp³-hybridized carbons (Fsp3) is 0.611. The number of benzene rings is 1. The van der Waals surface area contributed by atoms with E-state index in [-0.39, 0.29) is 0 Å². The molecule has 1 aromatic rings. The van der Waals surface area contributed by atoms with Gasteiger partial charge in [0, 0.05) is 11.3 Å². The largest absolute Gasteiger partial charge is 0.362 e. The van der Waals surface area contributed by atoms with Gasteiger partial charge < -0.3 is 5.32 Å². The van der Waals surface area contributed by atoms with Crippen molar-refractivity contribution in [2.75, 3.05) is 6.54 Å². The standard InChI is InChI=1S/C18H26N2S/c1-18(2,3)11-16-12-19-17(21-16)20-15-9-8-13-6-4-5-7-14(13)10-15/h4-7,15-16H,8-12H2,1-3H3,(H,19,20). The minimum atomic E-state index is 0.395. The first-order chi connectivity index (χ1) is 9.99. The molecule has 0 radical (unpaired) electrons. The Morgan fingerprint density at radius 2 is 2.00 bits per heavy atom. The van der Waals surface area contributed by atoms with Gasteiger partial charge in [0.15, 0.2) is 5.17 Å². The molecule has 3 heteroatoms. The molecule has 0 amide bonds. The number of hydrogen-bond donors (Lipinski definition) is 1. The number of hydrogen-bond acceptors (Lipinski definition) is 3. The average Bonchev–Trinajstić information content (AvgIpc) is 2.83. The Bertz CT molecular complexity index is 530. The molecule has 21 heavy (non-hydrogen) atoms. The second-order valence-electron chi connectivity index (χ2n) is 7.50. The molecule has 2 atom stereocenters. The fourth-order valence-corrected chi connectivity index (χ4v) is 4.71. The lowest BCUT2D eigenvalue weighted by Gasteiger charge is -2.26. The Hall–Kier alpha value is -0.960. The van der Waals surface area contributed by atoms with Gasteiger partial charge in [0.1, 0.15) is 0 Å². The molecule has 1 N–H and O–H groups in total. The van der Waals surface area contributed by atoms with Gasteiger partial charge in [0.2, 0.25) is 0 Å². The molecule has 114 valence electrons. The van der Waals surface area contributed by atoms with Crippen LogP contribution in [-0.4, -0.2) is 23.0 Å². The molecular formula is C18H26N2S. The predicted molar refractivity (Wildman–Crippen MR) is 93.1 cm³/mol. The van der Waals surface area contributed by atoms with Gasteiger partial charge >= 0.3 is 0 Å². The van der Waals surface area contributed by atoms with Crippen LogP contribution in [-0.2, 0) is 12.8 Å². The van der Waals surface area contributed by atoms with Crippen LogP contribution in [0.2, 0.25) is 0 Å². The quantitative estimate of drug-likeness (QED) is 0.891. The highest BCUT2D eigenvalue weighted by atomic mass is 32.2. The monoisotopic (exact) mass is 302 g/mol. The van der Waals surface area contributed by atoms with Gasteiger partial charge in [-0.3, -0.25) is 4.99 Å². The zero-order valence-corrected chi connectivity index (χ0v) is 14.2. The maximum atomic E-state index is 4.72. The highest BCUT2D eigenvalue weighted by molar-refractivity contribution is 8.14. The van der Waals surface area contributed by atoms with E-state index in [4.69, 9.17) is 4.99 Å². The lowest BCUT2D eigenvalue weighted by molar-refractivity contribution is 0.375. The maximum absolute atomic E-state index is 4.72. The second kappa shape index (κ2) is 6.04. The van der Waals surface area contributed by atoms with Gasteiger partial charge in [0.25, 0.3) is 0 Å². The lowest BCUT2D eigenvalue weighted by Crippen LogP contribution is -2.37. The van der Waals surface area contributed by atoms with Crippen LogP contribution in [0, 0.1) is 5.41 Å². The summed E-state index contributed by atoms with van der Waals surface area (Å²) >= 11 is 1.95. The van der Waals surface area contributed by atoms with E-state index in [1.165, 1.54) is 35.6 Å². The Morgan fingerprint density at radius 1 is 1.24 bits per heavy atom. The minimum Gasteiger partial charge on any atom is -0.362 e. The summed E-state index contributed by atoms with van der Waals surface area (Å²) in [6.07, 6.45) is 4.79. The van der Waals surface area contributed by atoms with Crippen LogP contribution in [0.15, 0.2) is 29.3 Å². The van der Waals surface area contributed by atoms with Gasteiger partial charge in [-0.05, 0) is 42.2 Å². The lowest BCUT2D eigenvalue weighted by atomic mass is 9.88. The van der Waals surface area contributed by atoms with Gasteiger partial charge in [-0.1, -0.05) is 56.8 Å². The fourth-order valence-electron chi connectivity index (χ4n) is 3.28. The molecule has 0 aromatic heterocycles. The van der Waals surface area contributed by atoms with E-state index in [9.17, 15) is 0 Å². The third-order valence-electron chi connectivity index (χ3n) is 4.23. The van der Waals surface area contributed by atoms with E-state index in [1.807, 2.05) is 11.8 Å². The topological polar surface area (TPSA) is 24.4 Å². The van der Waals surface area contributed by atoms with Crippen molar-refractivity contribution in [3.05, 3.63) is 35.4 Å². The van der Waals surface area contributed by atoms with Crippen molar-refractivity contribution in [3.63, 3.8) is 0 Å². The van der Waals surface area contributed by atoms with Gasteiger partial charge in [0.05, 0.1) is 6.54 Å². The second-order valence-corrected chi connectivity index (χ2v) is 8.79. The summed E-state index contributed by atoms with van der Waals surface area (Å²) in [7, 11) is 0. The molecule has 1 aliphatic heterocycles. The van der Waals surface area contributed by atoms with Crippen LogP contribution in [0.4, 0.5) is 0 Å². The summed E-state index contributed by atoms with van der Waals surface area (Å²) in [5, 5.41) is 5.52. The minimum absolute atomic E-state index is 0.395. The van der Waals surface area contributed by atoms with Gasteiger partial charge in [-0.15, -0.1) is 0 Å². The van der Waals surface area contributed by atoms with Gasteiger partial charge in [-0.2, -0.15) is 0 Å². The predicted octanol–water partition coefficient (Wildman–Crippen LogP) is 4.04. The van der Waals surface area contributed by atoms with Crippen molar-refractivity contribution < 1.29 is 0 Å². The Kier molecular flexibility index (Phi) is 4.30. The summed E-state index contributed by atoms with van der Waals surface area (Å²) in [5.74, 6) is 0. The average molecular weight is 302 g/mol. The normalized spacial score (nSPS) is 25.4. The number of nitrogens with zero attached hydrogens (tertiary/aromatic N) is 1. The summed E-state index contributed by atoms with van der Waals surface area (Å²) in [6, 6.07) is 9.41. The van der Waals surface area contributed by atoms with E-state index in [0.29, 0.717) is 16.7 Å². The molecule has 2 unspecified atom stereocenters. The first kappa shape index (κ1) is 15.0. The molecule has 2 nitrogen and oxygen atoms in total. The number of aliphatic imine (C=N–C) groups is 1. The van der Waals surface area contributed by atoms with Crippen LogP contribution >= 0.6 is 11.8 Å². The number of amidine groups is 1. The summed E-state index contributed by atoms with van der Waals surface area (Å²) < 4.78 is 0. The first-order valence-electron chi connectivity index (χ1n) is 8.04. The van der Waals surface area contributed by atoms with Crippen molar-refractivity contribution in [1.82, 2.24) is 5.32 Å². The van der Waals surface area contributed by atoms with Crippen molar-refractivity contribution in [3.8, 4) is 0 Å². The molecule has 0 spiro atoms. The third-order valence-corrected chi connectivity index (χ3v) is 5.35. The highest BCUT2D eigenvalue weighted by Gasteiger charge is 2.27. The smallest absolute Gasteiger partial charge is 0.157 e. The molecule has 1 heterocycles. The molecular weight excluding hydrogens is 276 g/mol. The number of aryl methyl sites for hydroxylation is 1. The van der Waals surface area contributed by atoms with Crippen LogP contribution in [0.3, 0.4) is 0 Å². The van der Waals surface area contributed by atoms with Crippen molar-refractivity contribution in [2.24, 2.45) is 10.4 Å². The van der Waals surface area contributed by atoms with Gasteiger partial charge in [-0.25, -0.2) is 0 Å². The molecule has 0 saturated heterocycles.